The Labute approximate surface area is 238 Å². The molecule has 0 atom stereocenters. The molecule has 43 heavy (non-hydrogen) atoms. The van der Waals surface area contributed by atoms with Crippen molar-refractivity contribution in [3.8, 4) is 0 Å². The standard InChI is InChI=1S/C28H20F7N3O5/c1-3-15-11-18(26(29,27(30,31)32)28(33,34)35)10-14(2)22(15)36-23(39)16-8-9-17(21(12-16)38(42)43)13-37-24(40)19-6-4-5-7-20(19)25(37)41/h4-12H,3,13H2,1-2H3,(H,36,39). The first-order valence-corrected chi connectivity index (χ1v) is 12.4. The molecule has 3 aromatic rings. The van der Waals surface area contributed by atoms with Crippen molar-refractivity contribution >= 4 is 29.1 Å². The number of hydrogen-bond donors (Lipinski definition) is 1. The van der Waals surface area contributed by atoms with Crippen LogP contribution >= 0.6 is 0 Å². The summed E-state index contributed by atoms with van der Waals surface area (Å²) in [5.74, 6) is -2.36. The SMILES string of the molecule is CCc1cc(C(F)(C(F)(F)F)C(F)(F)F)cc(C)c1NC(=O)c1ccc(CN2C(=O)c3ccccc3C2=O)c([N+](=O)[O-])c1. The largest absolute Gasteiger partial charge is 0.435 e. The van der Waals surface area contributed by atoms with Gasteiger partial charge in [0.15, 0.2) is 0 Å². The lowest BCUT2D eigenvalue weighted by atomic mass is 9.89. The van der Waals surface area contributed by atoms with Gasteiger partial charge in [-0.15, -0.1) is 0 Å². The van der Waals surface area contributed by atoms with E-state index in [0.717, 1.165) is 30.0 Å². The fourth-order valence-corrected chi connectivity index (χ4v) is 4.75. The van der Waals surface area contributed by atoms with E-state index >= 15 is 0 Å². The molecule has 4 rings (SSSR count). The molecule has 8 nitrogen and oxygen atoms in total. The number of halogens is 7. The zero-order chi connectivity index (χ0) is 32.1. The number of nitro benzene ring substituents is 1. The second kappa shape index (κ2) is 10.8. The van der Waals surface area contributed by atoms with Gasteiger partial charge in [0.25, 0.3) is 23.4 Å². The van der Waals surface area contributed by atoms with Gasteiger partial charge in [-0.2, -0.15) is 26.3 Å². The predicted octanol–water partition coefficient (Wildman–Crippen LogP) is 6.80. The molecule has 0 saturated heterocycles. The van der Waals surface area contributed by atoms with E-state index in [2.05, 4.69) is 5.32 Å². The van der Waals surface area contributed by atoms with Crippen LogP contribution in [0.15, 0.2) is 54.6 Å². The summed E-state index contributed by atoms with van der Waals surface area (Å²) in [6, 6.07) is 9.74. The molecule has 0 aromatic heterocycles. The van der Waals surface area contributed by atoms with Crippen LogP contribution in [0.25, 0.3) is 0 Å². The number of benzene rings is 3. The Morgan fingerprint density at radius 3 is 1.93 bits per heavy atom. The van der Waals surface area contributed by atoms with Gasteiger partial charge in [-0.25, -0.2) is 4.39 Å². The second-order valence-corrected chi connectivity index (χ2v) is 9.63. The van der Waals surface area contributed by atoms with Crippen LogP contribution in [-0.2, 0) is 18.6 Å². The van der Waals surface area contributed by atoms with Crippen molar-refractivity contribution in [1.82, 2.24) is 4.90 Å². The lowest BCUT2D eigenvalue weighted by molar-refractivity contribution is -0.385. The maximum Gasteiger partial charge on any atom is 0.435 e. The summed E-state index contributed by atoms with van der Waals surface area (Å²) in [5, 5.41) is 14.1. The van der Waals surface area contributed by atoms with Gasteiger partial charge in [0, 0.05) is 28.4 Å². The number of aryl methyl sites for hydroxylation is 2. The molecule has 3 aromatic carbocycles. The Morgan fingerprint density at radius 2 is 1.44 bits per heavy atom. The second-order valence-electron chi connectivity index (χ2n) is 9.63. The van der Waals surface area contributed by atoms with E-state index in [9.17, 15) is 55.2 Å². The van der Waals surface area contributed by atoms with Crippen LogP contribution in [0.2, 0.25) is 0 Å². The maximum absolute atomic E-state index is 14.7. The highest BCUT2D eigenvalue weighted by molar-refractivity contribution is 6.21. The number of nitrogens with one attached hydrogen (secondary N) is 1. The number of rotatable bonds is 7. The number of hydrogen-bond acceptors (Lipinski definition) is 5. The number of alkyl halides is 7. The van der Waals surface area contributed by atoms with Gasteiger partial charge < -0.3 is 5.32 Å². The van der Waals surface area contributed by atoms with Crippen LogP contribution in [-0.4, -0.2) is 39.9 Å². The highest BCUT2D eigenvalue weighted by Crippen LogP contribution is 2.54. The Hall–Kier alpha value is -4.82. The zero-order valence-electron chi connectivity index (χ0n) is 22.2. The van der Waals surface area contributed by atoms with E-state index in [4.69, 9.17) is 0 Å². The van der Waals surface area contributed by atoms with E-state index in [0.29, 0.717) is 12.1 Å². The van der Waals surface area contributed by atoms with Crippen molar-refractivity contribution in [2.75, 3.05) is 5.32 Å². The van der Waals surface area contributed by atoms with E-state index in [1.165, 1.54) is 19.1 Å². The molecule has 1 aliphatic rings. The molecule has 0 spiro atoms. The average molecular weight is 611 g/mol. The fraction of sp³-hybridized carbons (Fsp3) is 0.250. The Kier molecular flexibility index (Phi) is 7.81. The topological polar surface area (TPSA) is 110 Å². The third-order valence-corrected chi connectivity index (χ3v) is 6.97. The number of nitro groups is 1. The summed E-state index contributed by atoms with van der Waals surface area (Å²) in [6.45, 7) is 1.93. The lowest BCUT2D eigenvalue weighted by Gasteiger charge is -2.31. The van der Waals surface area contributed by atoms with Crippen molar-refractivity contribution in [2.24, 2.45) is 0 Å². The maximum atomic E-state index is 14.7. The number of nitrogens with zero attached hydrogens (tertiary/aromatic N) is 2. The number of carbonyl (C=O) groups is 3. The first-order chi connectivity index (χ1) is 19.9. The number of fused-ring (bicyclic) bond motifs is 1. The molecule has 3 amide bonds. The van der Waals surface area contributed by atoms with Crippen LogP contribution < -0.4 is 5.32 Å². The van der Waals surface area contributed by atoms with Crippen molar-refractivity contribution in [2.45, 2.75) is 44.8 Å². The summed E-state index contributed by atoms with van der Waals surface area (Å²) in [7, 11) is 0. The molecule has 0 bridgehead atoms. The smallest absolute Gasteiger partial charge is 0.321 e. The van der Waals surface area contributed by atoms with Crippen LogP contribution in [0.1, 0.15) is 60.3 Å². The van der Waals surface area contributed by atoms with Crippen molar-refractivity contribution in [1.29, 1.82) is 0 Å². The van der Waals surface area contributed by atoms with Crippen molar-refractivity contribution in [3.63, 3.8) is 0 Å². The molecule has 0 saturated carbocycles. The molecule has 0 fully saturated rings. The van der Waals surface area contributed by atoms with Crippen LogP contribution in [0.4, 0.5) is 42.1 Å². The molecule has 15 heteroatoms. The number of imide groups is 1. The van der Waals surface area contributed by atoms with Crippen LogP contribution in [0, 0.1) is 17.0 Å². The monoisotopic (exact) mass is 611 g/mol. The molecular weight excluding hydrogens is 591 g/mol. The van der Waals surface area contributed by atoms with E-state index in [1.807, 2.05) is 0 Å². The molecule has 226 valence electrons. The number of amides is 3. The molecule has 1 aliphatic heterocycles. The Bertz CT molecular complexity index is 1620. The molecule has 0 unspecified atom stereocenters. The Balaban J connectivity index is 1.65. The minimum absolute atomic E-state index is 0.0931. The van der Waals surface area contributed by atoms with Crippen LogP contribution in [0.3, 0.4) is 0 Å². The summed E-state index contributed by atoms with van der Waals surface area (Å²) in [6.07, 6.45) is -12.9. The third-order valence-electron chi connectivity index (χ3n) is 6.97. The molecule has 0 aliphatic carbocycles. The first kappa shape index (κ1) is 31.1. The van der Waals surface area contributed by atoms with Crippen molar-refractivity contribution in [3.05, 3.63) is 104 Å². The minimum Gasteiger partial charge on any atom is -0.321 e. The van der Waals surface area contributed by atoms with E-state index in [1.54, 1.807) is 12.1 Å². The van der Waals surface area contributed by atoms with Gasteiger partial charge >= 0.3 is 18.0 Å². The molecule has 0 radical (unpaired) electrons. The van der Waals surface area contributed by atoms with Crippen LogP contribution in [0.5, 0.6) is 0 Å². The van der Waals surface area contributed by atoms with Gasteiger partial charge in [-0.1, -0.05) is 25.1 Å². The minimum atomic E-state index is -6.33. The van der Waals surface area contributed by atoms with E-state index in [-0.39, 0.29) is 45.5 Å². The van der Waals surface area contributed by atoms with E-state index < -0.39 is 58.5 Å². The fourth-order valence-electron chi connectivity index (χ4n) is 4.75. The summed E-state index contributed by atoms with van der Waals surface area (Å²) in [4.78, 5) is 50.2. The first-order valence-electron chi connectivity index (χ1n) is 12.4. The molecule has 1 N–H and O–H groups in total. The van der Waals surface area contributed by atoms with Crippen molar-refractivity contribution < 1.29 is 50.0 Å². The highest BCUT2D eigenvalue weighted by Gasteiger charge is 2.73. The van der Waals surface area contributed by atoms with Gasteiger partial charge in [-0.3, -0.25) is 29.4 Å². The highest BCUT2D eigenvalue weighted by atomic mass is 19.4. The molecule has 1 heterocycles. The molecular formula is C28H20F7N3O5. The summed E-state index contributed by atoms with van der Waals surface area (Å²) < 4.78 is 94.5. The predicted molar refractivity (Wildman–Crippen MR) is 137 cm³/mol. The van der Waals surface area contributed by atoms with Gasteiger partial charge in [0.2, 0.25) is 0 Å². The van der Waals surface area contributed by atoms with Gasteiger partial charge in [0.05, 0.1) is 22.6 Å². The summed E-state index contributed by atoms with van der Waals surface area (Å²) in [5.41, 5.74) is -8.99. The lowest BCUT2D eigenvalue weighted by Crippen LogP contribution is -2.50. The van der Waals surface area contributed by atoms with Gasteiger partial charge in [-0.05, 0) is 54.8 Å². The zero-order valence-corrected chi connectivity index (χ0v) is 22.2. The quantitative estimate of drug-likeness (QED) is 0.137. The van der Waals surface area contributed by atoms with Gasteiger partial charge in [0.1, 0.15) is 0 Å². The normalized spacial score (nSPS) is 13.7. The number of anilines is 1. The Morgan fingerprint density at radius 1 is 0.884 bits per heavy atom. The number of carbonyl (C=O) groups excluding carboxylic acids is 3. The summed E-state index contributed by atoms with van der Waals surface area (Å²) >= 11 is 0. The average Bonchev–Trinajstić information content (AvgIpc) is 3.17. The third kappa shape index (κ3) is 5.30.